The van der Waals surface area contributed by atoms with Gasteiger partial charge in [-0.15, -0.1) is 0 Å². The van der Waals surface area contributed by atoms with Gasteiger partial charge in [-0.05, 0) is 17.9 Å². The van der Waals surface area contributed by atoms with E-state index < -0.39 is 6.61 Å². The van der Waals surface area contributed by atoms with Crippen LogP contribution in [-0.2, 0) is 9.53 Å². The van der Waals surface area contributed by atoms with Gasteiger partial charge in [-0.25, -0.2) is 0 Å². The molecule has 0 unspecified atom stereocenters. The SMILES string of the molecule is O=C(CO)N1CC[C@H]2CN(C(=O)c3ccsc3)CCO[C@H]2C1. The molecule has 1 N–H and O–H groups in total. The van der Waals surface area contributed by atoms with Crippen molar-refractivity contribution in [2.75, 3.05) is 39.4 Å². The Morgan fingerprint density at radius 3 is 2.91 bits per heavy atom. The summed E-state index contributed by atoms with van der Waals surface area (Å²) in [4.78, 5) is 27.6. The molecule has 3 rings (SSSR count). The van der Waals surface area contributed by atoms with Crippen LogP contribution in [0.15, 0.2) is 16.8 Å². The molecule has 120 valence electrons. The first-order chi connectivity index (χ1) is 10.7. The predicted octanol–water partition coefficient (Wildman–Crippen LogP) is 0.430. The summed E-state index contributed by atoms with van der Waals surface area (Å²) >= 11 is 1.52. The molecule has 0 aliphatic carbocycles. The smallest absolute Gasteiger partial charge is 0.254 e. The first-order valence-electron chi connectivity index (χ1n) is 7.50. The Labute approximate surface area is 133 Å². The van der Waals surface area contributed by atoms with Gasteiger partial charge in [-0.3, -0.25) is 9.59 Å². The van der Waals surface area contributed by atoms with E-state index >= 15 is 0 Å². The molecule has 0 aromatic carbocycles. The van der Waals surface area contributed by atoms with E-state index in [9.17, 15) is 9.59 Å². The van der Waals surface area contributed by atoms with Gasteiger partial charge in [0.05, 0.1) is 18.3 Å². The zero-order valence-electron chi connectivity index (χ0n) is 12.3. The van der Waals surface area contributed by atoms with Crippen LogP contribution in [0.25, 0.3) is 0 Å². The fraction of sp³-hybridized carbons (Fsp3) is 0.600. The number of amides is 2. The van der Waals surface area contributed by atoms with E-state index in [4.69, 9.17) is 9.84 Å². The standard InChI is InChI=1S/C15H20N2O4S/c18-9-14(19)16-3-1-11-7-17(4-5-21-13(11)8-16)15(20)12-2-6-22-10-12/h2,6,10-11,13,18H,1,3-5,7-9H2/t11-,13-/m0/s1. The van der Waals surface area contributed by atoms with Crippen LogP contribution in [0.4, 0.5) is 0 Å². The minimum Gasteiger partial charge on any atom is -0.387 e. The third-order valence-electron chi connectivity index (χ3n) is 4.39. The van der Waals surface area contributed by atoms with Crippen LogP contribution >= 0.6 is 11.3 Å². The molecule has 6 nitrogen and oxygen atoms in total. The normalized spacial score (nSPS) is 25.5. The van der Waals surface area contributed by atoms with Crippen LogP contribution in [0.1, 0.15) is 16.8 Å². The fourth-order valence-electron chi connectivity index (χ4n) is 3.13. The lowest BCUT2D eigenvalue weighted by Crippen LogP contribution is -2.50. The maximum Gasteiger partial charge on any atom is 0.254 e. The van der Waals surface area contributed by atoms with Crippen molar-refractivity contribution in [2.24, 2.45) is 5.92 Å². The summed E-state index contributed by atoms with van der Waals surface area (Å²) in [5.74, 6) is 0.0460. The minimum atomic E-state index is -0.458. The zero-order chi connectivity index (χ0) is 15.5. The molecule has 2 amide bonds. The summed E-state index contributed by atoms with van der Waals surface area (Å²) in [5, 5.41) is 12.8. The van der Waals surface area contributed by atoms with Crippen molar-refractivity contribution in [3.63, 3.8) is 0 Å². The first-order valence-corrected chi connectivity index (χ1v) is 8.45. The van der Waals surface area contributed by atoms with Gasteiger partial charge >= 0.3 is 0 Å². The summed E-state index contributed by atoms with van der Waals surface area (Å²) < 4.78 is 5.86. The molecule has 0 bridgehead atoms. The second-order valence-corrected chi connectivity index (χ2v) is 6.50. The molecule has 22 heavy (non-hydrogen) atoms. The van der Waals surface area contributed by atoms with Crippen LogP contribution < -0.4 is 0 Å². The van der Waals surface area contributed by atoms with Crippen molar-refractivity contribution in [1.82, 2.24) is 9.80 Å². The average Bonchev–Trinajstić information content (AvgIpc) is 2.99. The highest BCUT2D eigenvalue weighted by Gasteiger charge is 2.36. The minimum absolute atomic E-state index is 0.0514. The van der Waals surface area contributed by atoms with Crippen molar-refractivity contribution in [1.29, 1.82) is 0 Å². The van der Waals surface area contributed by atoms with Gasteiger partial charge in [0.1, 0.15) is 6.61 Å². The molecule has 0 saturated carbocycles. The molecule has 1 aromatic heterocycles. The Balaban J connectivity index is 1.65. The highest BCUT2D eigenvalue weighted by Crippen LogP contribution is 2.25. The maximum atomic E-state index is 12.5. The molecule has 0 radical (unpaired) electrons. The number of thiophene rings is 1. The van der Waals surface area contributed by atoms with Gasteiger partial charge in [0.15, 0.2) is 0 Å². The van der Waals surface area contributed by atoms with E-state index in [0.29, 0.717) is 32.8 Å². The Morgan fingerprint density at radius 1 is 1.32 bits per heavy atom. The molecular formula is C15H20N2O4S. The van der Waals surface area contributed by atoms with E-state index in [-0.39, 0.29) is 23.8 Å². The van der Waals surface area contributed by atoms with Crippen molar-refractivity contribution in [2.45, 2.75) is 12.5 Å². The molecule has 0 spiro atoms. The molecule has 2 aliphatic heterocycles. The van der Waals surface area contributed by atoms with Crippen LogP contribution in [0, 0.1) is 5.92 Å². The van der Waals surface area contributed by atoms with Crippen LogP contribution in [-0.4, -0.2) is 72.2 Å². The van der Waals surface area contributed by atoms with Crippen LogP contribution in [0.5, 0.6) is 0 Å². The lowest BCUT2D eigenvalue weighted by molar-refractivity contribution is -0.139. The number of aliphatic hydroxyl groups is 1. The lowest BCUT2D eigenvalue weighted by Gasteiger charge is -2.37. The topological polar surface area (TPSA) is 70.1 Å². The monoisotopic (exact) mass is 324 g/mol. The summed E-state index contributed by atoms with van der Waals surface area (Å²) in [5.41, 5.74) is 0.733. The summed E-state index contributed by atoms with van der Waals surface area (Å²) in [7, 11) is 0. The van der Waals surface area contributed by atoms with Gasteiger partial charge in [0, 0.05) is 37.5 Å². The Morgan fingerprint density at radius 2 is 2.18 bits per heavy atom. The number of hydrogen-bond donors (Lipinski definition) is 1. The Bertz CT molecular complexity index is 534. The quantitative estimate of drug-likeness (QED) is 0.856. The van der Waals surface area contributed by atoms with Gasteiger partial charge in [0.25, 0.3) is 5.91 Å². The number of nitrogens with zero attached hydrogens (tertiary/aromatic N) is 2. The predicted molar refractivity (Wildman–Crippen MR) is 81.7 cm³/mol. The number of ether oxygens (including phenoxy) is 1. The number of piperidine rings is 1. The van der Waals surface area contributed by atoms with Gasteiger partial charge in [-0.1, -0.05) is 0 Å². The number of fused-ring (bicyclic) bond motifs is 1. The van der Waals surface area contributed by atoms with Crippen molar-refractivity contribution in [3.05, 3.63) is 22.4 Å². The van der Waals surface area contributed by atoms with E-state index in [1.807, 2.05) is 21.7 Å². The molecule has 3 heterocycles. The third-order valence-corrected chi connectivity index (χ3v) is 5.07. The third kappa shape index (κ3) is 3.16. The molecule has 7 heteroatoms. The van der Waals surface area contributed by atoms with Crippen molar-refractivity contribution < 1.29 is 19.4 Å². The number of likely N-dealkylation sites (tertiary alicyclic amines) is 1. The highest BCUT2D eigenvalue weighted by molar-refractivity contribution is 7.08. The maximum absolute atomic E-state index is 12.5. The second kappa shape index (κ2) is 6.76. The summed E-state index contributed by atoms with van der Waals surface area (Å²) in [6.45, 7) is 2.39. The van der Waals surface area contributed by atoms with E-state index in [1.54, 1.807) is 4.90 Å². The van der Waals surface area contributed by atoms with E-state index in [1.165, 1.54) is 11.3 Å². The largest absolute Gasteiger partial charge is 0.387 e. The second-order valence-electron chi connectivity index (χ2n) is 5.72. The molecular weight excluding hydrogens is 304 g/mol. The molecule has 2 atom stereocenters. The molecule has 2 saturated heterocycles. The van der Waals surface area contributed by atoms with Crippen LogP contribution in [0.2, 0.25) is 0 Å². The number of hydrogen-bond acceptors (Lipinski definition) is 5. The number of rotatable bonds is 2. The molecule has 1 aromatic rings. The lowest BCUT2D eigenvalue weighted by atomic mass is 9.93. The number of carbonyl (C=O) groups excluding carboxylic acids is 2. The van der Waals surface area contributed by atoms with Crippen molar-refractivity contribution >= 4 is 23.2 Å². The average molecular weight is 324 g/mol. The van der Waals surface area contributed by atoms with Gasteiger partial charge in [-0.2, -0.15) is 11.3 Å². The summed E-state index contributed by atoms with van der Waals surface area (Å²) in [6, 6.07) is 1.85. The zero-order valence-corrected chi connectivity index (χ0v) is 13.1. The highest BCUT2D eigenvalue weighted by atomic mass is 32.1. The molecule has 2 aliphatic rings. The van der Waals surface area contributed by atoms with Gasteiger partial charge in [0.2, 0.25) is 5.91 Å². The first kappa shape index (κ1) is 15.5. The van der Waals surface area contributed by atoms with E-state index in [0.717, 1.165) is 12.0 Å². The Hall–Kier alpha value is -1.44. The number of aliphatic hydroxyl groups excluding tert-OH is 1. The Kier molecular flexibility index (Phi) is 4.75. The number of carbonyl (C=O) groups is 2. The fourth-order valence-corrected chi connectivity index (χ4v) is 3.76. The molecule has 2 fully saturated rings. The summed E-state index contributed by atoms with van der Waals surface area (Å²) in [6.07, 6.45) is 0.744. The van der Waals surface area contributed by atoms with E-state index in [2.05, 4.69) is 0 Å². The van der Waals surface area contributed by atoms with Crippen molar-refractivity contribution in [3.8, 4) is 0 Å². The van der Waals surface area contributed by atoms with Gasteiger partial charge < -0.3 is 19.6 Å². The van der Waals surface area contributed by atoms with Crippen LogP contribution in [0.3, 0.4) is 0 Å².